The van der Waals surface area contributed by atoms with Gasteiger partial charge in [-0.05, 0) is 37.3 Å². The monoisotopic (exact) mass is 359 g/mol. The van der Waals surface area contributed by atoms with Crippen molar-refractivity contribution in [2.75, 3.05) is 0 Å². The molecule has 0 aliphatic rings. The van der Waals surface area contributed by atoms with Gasteiger partial charge in [-0.2, -0.15) is 10.2 Å². The third kappa shape index (κ3) is 3.53. The second kappa shape index (κ2) is 6.78. The number of carboxylic acids is 1. The summed E-state index contributed by atoms with van der Waals surface area (Å²) in [7, 11) is 0. The van der Waals surface area contributed by atoms with Gasteiger partial charge in [0.1, 0.15) is 17.5 Å². The molecule has 1 aromatic carbocycles. The van der Waals surface area contributed by atoms with Crippen LogP contribution in [0.5, 0.6) is 5.75 Å². The first-order valence-corrected chi connectivity index (χ1v) is 7.69. The molecule has 2 heterocycles. The number of aromatic hydroxyl groups is 1. The van der Waals surface area contributed by atoms with Crippen LogP contribution >= 0.6 is 11.6 Å². The van der Waals surface area contributed by atoms with Crippen LogP contribution in [0.2, 0.25) is 5.02 Å². The number of carbonyl (C=O) groups is 1. The van der Waals surface area contributed by atoms with Crippen LogP contribution in [-0.4, -0.2) is 41.6 Å². The van der Waals surface area contributed by atoms with Gasteiger partial charge in [-0.15, -0.1) is 0 Å². The number of phenols is 1. The number of rotatable bonds is 5. The minimum Gasteiger partial charge on any atom is -0.507 e. The largest absolute Gasteiger partial charge is 0.507 e. The van der Waals surface area contributed by atoms with E-state index in [4.69, 9.17) is 16.7 Å². The molecule has 25 heavy (non-hydrogen) atoms. The van der Waals surface area contributed by atoms with Crippen LogP contribution in [0.4, 0.5) is 0 Å². The standard InChI is InChI=1S/C16H14ClN5O3/c1-8(16(24)25)15-19-13(20-22-15)5-2-9-7-18-21-14(9)11-6-10(17)3-4-12(11)23/h2-8,23H,1H3,(H,18,21)(H,24,25)(H,19,20,22). The maximum atomic E-state index is 11.0. The van der Waals surface area contributed by atoms with Gasteiger partial charge in [-0.25, -0.2) is 4.98 Å². The quantitative estimate of drug-likeness (QED) is 0.554. The number of hydrogen-bond donors (Lipinski definition) is 4. The van der Waals surface area contributed by atoms with Crippen LogP contribution in [0.25, 0.3) is 23.4 Å². The number of benzene rings is 1. The lowest BCUT2D eigenvalue weighted by Gasteiger charge is -2.04. The normalized spacial score (nSPS) is 12.6. The van der Waals surface area contributed by atoms with Crippen molar-refractivity contribution >= 4 is 29.7 Å². The zero-order valence-electron chi connectivity index (χ0n) is 13.1. The zero-order chi connectivity index (χ0) is 18.0. The number of phenolic OH excluding ortho intramolecular Hbond substituents is 1. The molecule has 1 unspecified atom stereocenters. The van der Waals surface area contributed by atoms with Crippen molar-refractivity contribution in [1.82, 2.24) is 25.4 Å². The highest BCUT2D eigenvalue weighted by Gasteiger charge is 2.17. The summed E-state index contributed by atoms with van der Waals surface area (Å²) in [5.74, 6) is -1.08. The molecule has 0 fully saturated rings. The Kier molecular flexibility index (Phi) is 4.53. The van der Waals surface area contributed by atoms with Crippen molar-refractivity contribution in [3.05, 3.63) is 46.6 Å². The van der Waals surface area contributed by atoms with Crippen molar-refractivity contribution < 1.29 is 15.0 Å². The number of aliphatic carboxylic acids is 1. The number of hydrogen-bond acceptors (Lipinski definition) is 5. The van der Waals surface area contributed by atoms with E-state index in [-0.39, 0.29) is 11.6 Å². The summed E-state index contributed by atoms with van der Waals surface area (Å²) in [5.41, 5.74) is 1.79. The first-order valence-electron chi connectivity index (χ1n) is 7.31. The van der Waals surface area contributed by atoms with E-state index in [2.05, 4.69) is 25.4 Å². The van der Waals surface area contributed by atoms with Crippen molar-refractivity contribution in [3.63, 3.8) is 0 Å². The summed E-state index contributed by atoms with van der Waals surface area (Å²) < 4.78 is 0. The van der Waals surface area contributed by atoms with E-state index in [1.165, 1.54) is 13.0 Å². The van der Waals surface area contributed by atoms with Gasteiger partial charge in [0, 0.05) is 16.1 Å². The number of nitrogens with one attached hydrogen (secondary N) is 2. The second-order valence-corrected chi connectivity index (χ2v) is 5.77. The number of aromatic nitrogens is 5. The van der Waals surface area contributed by atoms with Gasteiger partial charge >= 0.3 is 5.97 Å². The van der Waals surface area contributed by atoms with Crippen LogP contribution in [0.3, 0.4) is 0 Å². The molecule has 0 bridgehead atoms. The number of nitrogens with zero attached hydrogens (tertiary/aromatic N) is 3. The van der Waals surface area contributed by atoms with E-state index < -0.39 is 11.9 Å². The van der Waals surface area contributed by atoms with E-state index in [1.807, 2.05) is 0 Å². The molecule has 8 nitrogen and oxygen atoms in total. The maximum absolute atomic E-state index is 11.0. The average molecular weight is 360 g/mol. The van der Waals surface area contributed by atoms with Gasteiger partial charge in [-0.1, -0.05) is 11.6 Å². The molecule has 1 atom stereocenters. The number of carboxylic acid groups (broad SMARTS) is 1. The van der Waals surface area contributed by atoms with E-state index in [0.29, 0.717) is 27.7 Å². The van der Waals surface area contributed by atoms with Crippen LogP contribution in [-0.2, 0) is 4.79 Å². The summed E-state index contributed by atoms with van der Waals surface area (Å²) in [4.78, 5) is 15.1. The van der Waals surface area contributed by atoms with E-state index in [9.17, 15) is 9.90 Å². The molecule has 3 aromatic rings. The Morgan fingerprint density at radius 1 is 1.32 bits per heavy atom. The first kappa shape index (κ1) is 16.7. The van der Waals surface area contributed by atoms with E-state index >= 15 is 0 Å². The number of halogens is 1. The Balaban J connectivity index is 1.88. The summed E-state index contributed by atoms with van der Waals surface area (Å²) >= 11 is 5.98. The van der Waals surface area contributed by atoms with Crippen LogP contribution in [0, 0.1) is 0 Å². The Morgan fingerprint density at radius 2 is 2.12 bits per heavy atom. The van der Waals surface area contributed by atoms with Gasteiger partial charge in [0.25, 0.3) is 0 Å². The fourth-order valence-electron chi connectivity index (χ4n) is 2.18. The Hall–Kier alpha value is -3.13. The fraction of sp³-hybridized carbons (Fsp3) is 0.125. The molecule has 4 N–H and O–H groups in total. The number of H-pyrrole nitrogens is 2. The molecule has 0 aliphatic heterocycles. The van der Waals surface area contributed by atoms with Crippen LogP contribution in [0.1, 0.15) is 30.1 Å². The van der Waals surface area contributed by atoms with Crippen LogP contribution in [0.15, 0.2) is 24.4 Å². The van der Waals surface area contributed by atoms with Gasteiger partial charge in [-0.3, -0.25) is 15.0 Å². The van der Waals surface area contributed by atoms with Gasteiger partial charge < -0.3 is 10.2 Å². The Bertz CT molecular complexity index is 947. The summed E-state index contributed by atoms with van der Waals surface area (Å²) in [5, 5.41) is 32.9. The predicted molar refractivity (Wildman–Crippen MR) is 92.1 cm³/mol. The molecule has 0 spiro atoms. The topological polar surface area (TPSA) is 128 Å². The molecule has 3 rings (SSSR count). The molecule has 0 aliphatic carbocycles. The predicted octanol–water partition coefficient (Wildman–Crippen LogP) is 2.91. The highest BCUT2D eigenvalue weighted by molar-refractivity contribution is 6.31. The molecule has 2 aromatic heterocycles. The third-order valence-corrected chi connectivity index (χ3v) is 3.84. The van der Waals surface area contributed by atoms with Crippen LogP contribution < -0.4 is 0 Å². The Labute approximate surface area is 147 Å². The zero-order valence-corrected chi connectivity index (χ0v) is 13.8. The van der Waals surface area contributed by atoms with E-state index in [0.717, 1.165) is 0 Å². The molecule has 0 saturated carbocycles. The molecule has 9 heteroatoms. The van der Waals surface area contributed by atoms with Gasteiger partial charge in [0.15, 0.2) is 5.82 Å². The highest BCUT2D eigenvalue weighted by Crippen LogP contribution is 2.32. The van der Waals surface area contributed by atoms with E-state index in [1.54, 1.807) is 30.5 Å². The molecule has 0 amide bonds. The fourth-order valence-corrected chi connectivity index (χ4v) is 2.36. The van der Waals surface area contributed by atoms with Crippen molar-refractivity contribution in [2.24, 2.45) is 0 Å². The lowest BCUT2D eigenvalue weighted by molar-refractivity contribution is -0.138. The smallest absolute Gasteiger partial charge is 0.313 e. The summed E-state index contributed by atoms with van der Waals surface area (Å²) in [6, 6.07) is 4.72. The van der Waals surface area contributed by atoms with Crippen molar-refractivity contribution in [3.8, 4) is 17.0 Å². The maximum Gasteiger partial charge on any atom is 0.313 e. The van der Waals surface area contributed by atoms with Crippen molar-refractivity contribution in [1.29, 1.82) is 0 Å². The SMILES string of the molecule is CC(C(=O)O)c1nc(C=Cc2cn[nH]c2-c2cc(Cl)ccc2O)n[nH]1. The van der Waals surface area contributed by atoms with Gasteiger partial charge in [0.05, 0.1) is 11.9 Å². The minimum absolute atomic E-state index is 0.0683. The Morgan fingerprint density at radius 3 is 2.88 bits per heavy atom. The first-order chi connectivity index (χ1) is 12.0. The number of aromatic amines is 2. The van der Waals surface area contributed by atoms with Gasteiger partial charge in [0.2, 0.25) is 0 Å². The summed E-state index contributed by atoms with van der Waals surface area (Å²) in [6.45, 7) is 1.52. The second-order valence-electron chi connectivity index (χ2n) is 5.33. The molecule has 0 radical (unpaired) electrons. The molecular formula is C16H14ClN5O3. The third-order valence-electron chi connectivity index (χ3n) is 3.61. The minimum atomic E-state index is -0.986. The highest BCUT2D eigenvalue weighted by atomic mass is 35.5. The molecule has 0 saturated heterocycles. The molecular weight excluding hydrogens is 346 g/mol. The lowest BCUT2D eigenvalue weighted by atomic mass is 10.1. The van der Waals surface area contributed by atoms with Crippen molar-refractivity contribution in [2.45, 2.75) is 12.8 Å². The average Bonchev–Trinajstić information content (AvgIpc) is 3.23. The molecule has 128 valence electrons. The lowest BCUT2D eigenvalue weighted by Crippen LogP contribution is -2.08. The summed E-state index contributed by atoms with van der Waals surface area (Å²) in [6.07, 6.45) is 4.90.